The molecule has 0 aliphatic rings. The zero-order valence-electron chi connectivity index (χ0n) is 32.7. The van der Waals surface area contributed by atoms with Gasteiger partial charge in [-0.25, -0.2) is 15.0 Å². The Hall–Kier alpha value is -8.35. The summed E-state index contributed by atoms with van der Waals surface area (Å²) in [5.41, 5.74) is 10.6. The van der Waals surface area contributed by atoms with Crippen LogP contribution in [-0.4, -0.2) is 24.1 Å². The molecule has 284 valence electrons. The molecule has 0 atom stereocenters. The second-order valence-electron chi connectivity index (χ2n) is 15.6. The molecule has 61 heavy (non-hydrogen) atoms. The van der Waals surface area contributed by atoms with E-state index in [9.17, 15) is 0 Å². The molecule has 0 saturated heterocycles. The van der Waals surface area contributed by atoms with Gasteiger partial charge in [0.15, 0.2) is 17.5 Å². The molecular weight excluding hydrogens is 747 g/mol. The number of furan rings is 1. The normalized spacial score (nSPS) is 11.9. The van der Waals surface area contributed by atoms with Crippen LogP contribution in [0.5, 0.6) is 0 Å². The summed E-state index contributed by atoms with van der Waals surface area (Å²) in [6.45, 7) is 0. The van der Waals surface area contributed by atoms with Crippen LogP contribution in [0.15, 0.2) is 205 Å². The average molecular weight is 780 g/mol. The number of fused-ring (bicyclic) bond motifs is 10. The van der Waals surface area contributed by atoms with Crippen LogP contribution in [0.1, 0.15) is 0 Å². The summed E-state index contributed by atoms with van der Waals surface area (Å²) in [5, 5.41) is 9.02. The Labute approximate surface area is 349 Å². The zero-order valence-corrected chi connectivity index (χ0v) is 32.7. The smallest absolute Gasteiger partial charge is 0.166 e. The Balaban J connectivity index is 1.14. The van der Waals surface area contributed by atoms with Gasteiger partial charge in [-0.05, 0) is 65.4 Å². The van der Waals surface area contributed by atoms with Gasteiger partial charge in [-0.2, -0.15) is 0 Å². The highest BCUT2D eigenvalue weighted by Crippen LogP contribution is 2.43. The second-order valence-corrected chi connectivity index (χ2v) is 15.6. The first kappa shape index (κ1) is 33.6. The molecule has 0 N–H and O–H groups in total. The van der Waals surface area contributed by atoms with E-state index in [0.29, 0.717) is 17.5 Å². The minimum Gasteiger partial charge on any atom is -0.456 e. The minimum absolute atomic E-state index is 0.563. The zero-order chi connectivity index (χ0) is 40.0. The molecule has 0 fully saturated rings. The van der Waals surface area contributed by atoms with Gasteiger partial charge in [-0.1, -0.05) is 140 Å². The topological polar surface area (TPSA) is 61.7 Å². The lowest BCUT2D eigenvalue weighted by Gasteiger charge is -2.14. The third-order valence-electron chi connectivity index (χ3n) is 12.1. The minimum atomic E-state index is 0.563. The first-order chi connectivity index (χ1) is 30.2. The highest BCUT2D eigenvalue weighted by atomic mass is 16.3. The van der Waals surface area contributed by atoms with E-state index in [1.165, 1.54) is 26.9 Å². The third kappa shape index (κ3) is 5.12. The SMILES string of the molecule is c1ccc(-c2nc(-c3cc(-n4c5ccccc5c5cc6ccccc6cc54)cc4oc5ccccc5c34)nc(-c3cccc4c5ccccc5n(-c5ccccc5)c34)n2)cc1. The molecule has 6 nitrogen and oxygen atoms in total. The molecule has 4 heterocycles. The molecule has 0 bridgehead atoms. The molecule has 4 aromatic heterocycles. The quantitative estimate of drug-likeness (QED) is 0.175. The van der Waals surface area contributed by atoms with E-state index in [1.54, 1.807) is 0 Å². The van der Waals surface area contributed by atoms with Gasteiger partial charge >= 0.3 is 0 Å². The number of nitrogens with zero attached hydrogens (tertiary/aromatic N) is 5. The average Bonchev–Trinajstić information content (AvgIpc) is 3.98. The lowest BCUT2D eigenvalue weighted by atomic mass is 10.0. The van der Waals surface area contributed by atoms with Crippen LogP contribution < -0.4 is 0 Å². The first-order valence-corrected chi connectivity index (χ1v) is 20.5. The van der Waals surface area contributed by atoms with E-state index in [2.05, 4.69) is 179 Å². The number of benzene rings is 9. The van der Waals surface area contributed by atoms with Gasteiger partial charge in [-0.3, -0.25) is 0 Å². The van der Waals surface area contributed by atoms with Crippen LogP contribution in [0, 0.1) is 0 Å². The highest BCUT2D eigenvalue weighted by Gasteiger charge is 2.24. The van der Waals surface area contributed by atoms with Gasteiger partial charge in [0.25, 0.3) is 0 Å². The molecule has 0 spiro atoms. The monoisotopic (exact) mass is 779 g/mol. The molecule has 0 amide bonds. The van der Waals surface area contributed by atoms with Crippen LogP contribution in [0.2, 0.25) is 0 Å². The van der Waals surface area contributed by atoms with Crippen LogP contribution in [0.4, 0.5) is 0 Å². The maximum atomic E-state index is 6.75. The van der Waals surface area contributed by atoms with Crippen molar-refractivity contribution in [3.05, 3.63) is 200 Å². The van der Waals surface area contributed by atoms with Gasteiger partial charge in [0.1, 0.15) is 11.2 Å². The molecular formula is C55H33N5O. The maximum absolute atomic E-state index is 6.75. The lowest BCUT2D eigenvalue weighted by Crippen LogP contribution is -2.03. The fourth-order valence-corrected chi connectivity index (χ4v) is 9.46. The van der Waals surface area contributed by atoms with Gasteiger partial charge in [0, 0.05) is 60.8 Å². The lowest BCUT2D eigenvalue weighted by molar-refractivity contribution is 0.668. The predicted octanol–water partition coefficient (Wildman–Crippen LogP) is 14.1. The Morgan fingerprint density at radius 1 is 0.344 bits per heavy atom. The van der Waals surface area contributed by atoms with Crippen LogP contribution in [0.3, 0.4) is 0 Å². The number of rotatable bonds is 5. The molecule has 13 aromatic rings. The Morgan fingerprint density at radius 3 is 1.72 bits per heavy atom. The Morgan fingerprint density at radius 2 is 0.934 bits per heavy atom. The summed E-state index contributed by atoms with van der Waals surface area (Å²) in [6.07, 6.45) is 0. The van der Waals surface area contributed by atoms with Gasteiger partial charge in [-0.15, -0.1) is 0 Å². The molecule has 13 rings (SSSR count). The van der Waals surface area contributed by atoms with E-state index in [4.69, 9.17) is 19.4 Å². The van der Waals surface area contributed by atoms with Crippen LogP contribution in [0.25, 0.3) is 122 Å². The van der Waals surface area contributed by atoms with Crippen molar-refractivity contribution in [1.29, 1.82) is 0 Å². The van der Waals surface area contributed by atoms with Crippen molar-refractivity contribution in [3.63, 3.8) is 0 Å². The standard InChI is InChI=1S/C55H33N5O/c1-3-16-34(17-4-1)53-56-54(43-26-15-25-41-39-22-9-13-28-47(39)60(52(41)43)37-20-5-2-6-21-37)58-55(57-53)45-32-38(33-50-51(45)42-24-11-14-29-49(42)61-50)59-46-27-12-10-23-40(46)44-30-35-18-7-8-19-36(35)31-48(44)59/h1-33H. The van der Waals surface area contributed by atoms with E-state index in [0.717, 1.165) is 77.5 Å². The summed E-state index contributed by atoms with van der Waals surface area (Å²) in [7, 11) is 0. The maximum Gasteiger partial charge on any atom is 0.166 e. The largest absolute Gasteiger partial charge is 0.456 e. The van der Waals surface area contributed by atoms with Crippen molar-refractivity contribution >= 4 is 76.3 Å². The fourth-order valence-electron chi connectivity index (χ4n) is 9.46. The molecule has 0 aliphatic heterocycles. The van der Waals surface area contributed by atoms with E-state index >= 15 is 0 Å². The third-order valence-corrected chi connectivity index (χ3v) is 12.1. The number of hydrogen-bond donors (Lipinski definition) is 0. The number of para-hydroxylation sites is 5. The summed E-state index contributed by atoms with van der Waals surface area (Å²) < 4.78 is 11.4. The predicted molar refractivity (Wildman–Crippen MR) is 250 cm³/mol. The van der Waals surface area contributed by atoms with Gasteiger partial charge in [0.2, 0.25) is 0 Å². The van der Waals surface area contributed by atoms with Crippen molar-refractivity contribution in [1.82, 2.24) is 24.1 Å². The summed E-state index contributed by atoms with van der Waals surface area (Å²) >= 11 is 0. The van der Waals surface area contributed by atoms with Crippen LogP contribution >= 0.6 is 0 Å². The summed E-state index contributed by atoms with van der Waals surface area (Å²) in [6, 6.07) is 70.2. The van der Waals surface area contributed by atoms with Gasteiger partial charge < -0.3 is 13.6 Å². The van der Waals surface area contributed by atoms with Crippen LogP contribution in [-0.2, 0) is 0 Å². The second kappa shape index (κ2) is 13.1. The molecule has 0 saturated carbocycles. The highest BCUT2D eigenvalue weighted by molar-refractivity contribution is 6.16. The van der Waals surface area contributed by atoms with Crippen molar-refractivity contribution in [3.8, 4) is 45.5 Å². The molecule has 0 unspecified atom stereocenters. The van der Waals surface area contributed by atoms with E-state index in [-0.39, 0.29) is 0 Å². The number of hydrogen-bond acceptors (Lipinski definition) is 4. The molecule has 6 heteroatoms. The number of aromatic nitrogens is 5. The van der Waals surface area contributed by atoms with E-state index < -0.39 is 0 Å². The van der Waals surface area contributed by atoms with Crippen molar-refractivity contribution in [2.45, 2.75) is 0 Å². The Bertz CT molecular complexity index is 3880. The molecule has 9 aromatic carbocycles. The van der Waals surface area contributed by atoms with Gasteiger partial charge in [0.05, 0.1) is 27.8 Å². The van der Waals surface area contributed by atoms with Crippen molar-refractivity contribution in [2.75, 3.05) is 0 Å². The Kier molecular flexibility index (Phi) is 7.21. The first-order valence-electron chi connectivity index (χ1n) is 20.5. The molecule has 0 radical (unpaired) electrons. The summed E-state index contributed by atoms with van der Waals surface area (Å²) in [5.74, 6) is 1.74. The summed E-state index contributed by atoms with van der Waals surface area (Å²) in [4.78, 5) is 16.1. The van der Waals surface area contributed by atoms with Crippen molar-refractivity contribution < 1.29 is 4.42 Å². The molecule has 0 aliphatic carbocycles. The van der Waals surface area contributed by atoms with Crippen molar-refractivity contribution in [2.24, 2.45) is 0 Å². The fraction of sp³-hybridized carbons (Fsp3) is 0. The van der Waals surface area contributed by atoms with E-state index in [1.807, 2.05) is 30.3 Å².